The number of nitriles is 1. The molecule has 0 atom stereocenters. The van der Waals surface area contributed by atoms with Gasteiger partial charge >= 0.3 is 5.97 Å². The number of carbonyl (C=O) groups is 1. The molecular weight excluding hydrogens is 292 g/mol. The first-order chi connectivity index (χ1) is 9.85. The number of hydrogen-bond acceptors (Lipinski definition) is 5. The minimum Gasteiger partial charge on any atom is -0.461 e. The molecule has 6 nitrogen and oxygen atoms in total. The Morgan fingerprint density at radius 1 is 1.48 bits per heavy atom. The monoisotopic (exact) mass is 308 g/mol. The van der Waals surface area contributed by atoms with Gasteiger partial charge in [-0.15, -0.1) is 0 Å². The molecule has 1 aromatic rings. The van der Waals surface area contributed by atoms with Crippen LogP contribution >= 0.6 is 0 Å². The minimum absolute atomic E-state index is 0.0473. The van der Waals surface area contributed by atoms with Crippen LogP contribution < -0.4 is 5.14 Å². The van der Waals surface area contributed by atoms with E-state index < -0.39 is 21.7 Å². The zero-order valence-electron chi connectivity index (χ0n) is 11.6. The molecule has 0 saturated heterocycles. The highest BCUT2D eigenvalue weighted by Crippen LogP contribution is 2.18. The second-order valence-electron chi connectivity index (χ2n) is 4.27. The molecule has 0 aliphatic heterocycles. The van der Waals surface area contributed by atoms with Gasteiger partial charge in [0.1, 0.15) is 6.61 Å². The number of rotatable bonds is 6. The second-order valence-corrected chi connectivity index (χ2v) is 5.88. The number of nitrogens with two attached hydrogens (primary N) is 1. The van der Waals surface area contributed by atoms with Crippen LogP contribution in [0.4, 0.5) is 0 Å². The van der Waals surface area contributed by atoms with E-state index in [9.17, 15) is 13.2 Å². The van der Waals surface area contributed by atoms with E-state index in [0.717, 1.165) is 11.1 Å². The number of ether oxygens (including phenoxy) is 1. The van der Waals surface area contributed by atoms with Crippen molar-refractivity contribution in [3.63, 3.8) is 0 Å². The van der Waals surface area contributed by atoms with E-state index in [1.807, 2.05) is 13.0 Å². The third-order valence-corrected chi connectivity index (χ3v) is 3.27. The lowest BCUT2D eigenvalue weighted by Crippen LogP contribution is -2.24. The summed E-state index contributed by atoms with van der Waals surface area (Å²) in [6.07, 6.45) is 2.36. The Kier molecular flexibility index (Phi) is 6.09. The Labute approximate surface area is 123 Å². The second kappa shape index (κ2) is 7.57. The fourth-order valence-electron chi connectivity index (χ4n) is 1.70. The lowest BCUT2D eigenvalue weighted by atomic mass is 10.0. The number of hydrogen-bond donors (Lipinski definition) is 1. The molecule has 0 aliphatic carbocycles. The quantitative estimate of drug-likeness (QED) is 0.793. The molecule has 1 aromatic carbocycles. The van der Waals surface area contributed by atoms with Gasteiger partial charge in [0.2, 0.25) is 10.0 Å². The van der Waals surface area contributed by atoms with Gasteiger partial charge in [-0.3, -0.25) is 4.79 Å². The molecule has 0 heterocycles. The van der Waals surface area contributed by atoms with Gasteiger partial charge in [-0.1, -0.05) is 19.1 Å². The summed E-state index contributed by atoms with van der Waals surface area (Å²) in [5.41, 5.74) is 2.30. The molecule has 0 radical (unpaired) electrons. The Balaban J connectivity index is 2.72. The fourth-order valence-corrected chi connectivity index (χ4v) is 2.11. The van der Waals surface area contributed by atoms with E-state index in [1.165, 1.54) is 0 Å². The van der Waals surface area contributed by atoms with Gasteiger partial charge in [0, 0.05) is 0 Å². The number of nitrogens with zero attached hydrogens (tertiary/aromatic N) is 1. The molecule has 0 saturated carbocycles. The number of allylic oxidation sites excluding steroid dienone is 1. The van der Waals surface area contributed by atoms with Gasteiger partial charge in [-0.2, -0.15) is 5.26 Å². The zero-order chi connectivity index (χ0) is 15.9. The van der Waals surface area contributed by atoms with Crippen molar-refractivity contribution >= 4 is 21.6 Å². The van der Waals surface area contributed by atoms with Gasteiger partial charge in [0.25, 0.3) is 0 Å². The van der Waals surface area contributed by atoms with E-state index in [4.69, 9.17) is 15.1 Å². The first kappa shape index (κ1) is 16.9. The van der Waals surface area contributed by atoms with Crippen LogP contribution in [0, 0.1) is 11.3 Å². The summed E-state index contributed by atoms with van der Waals surface area (Å²) < 4.78 is 26.2. The summed E-state index contributed by atoms with van der Waals surface area (Å²) in [5.74, 6) is -1.73. The highest BCUT2D eigenvalue weighted by atomic mass is 32.2. The number of sulfonamides is 1. The average Bonchev–Trinajstić information content (AvgIpc) is 2.41. The van der Waals surface area contributed by atoms with Crippen LogP contribution in [0.25, 0.3) is 5.57 Å². The van der Waals surface area contributed by atoms with Crippen molar-refractivity contribution in [3.8, 4) is 6.07 Å². The summed E-state index contributed by atoms with van der Waals surface area (Å²) in [5, 5.41) is 13.6. The van der Waals surface area contributed by atoms with Gasteiger partial charge in [0.05, 0.1) is 11.6 Å². The Hall–Kier alpha value is -2.17. The molecule has 7 heteroatoms. The Morgan fingerprint density at radius 2 is 2.19 bits per heavy atom. The maximum atomic E-state index is 11.2. The standard InChI is InChI=1S/C14H16N2O4S/c1-2-12(13-5-3-4-11(8-13)9-15)6-7-20-14(17)10-21(16,18)19/h3-6,8H,2,7,10H2,1H3,(H2,16,18,19)/b12-6+. The molecule has 21 heavy (non-hydrogen) atoms. The first-order valence-corrected chi connectivity index (χ1v) is 7.93. The molecule has 0 unspecified atom stereocenters. The molecule has 0 aromatic heterocycles. The van der Waals surface area contributed by atoms with Gasteiger partial charge in [0.15, 0.2) is 5.75 Å². The van der Waals surface area contributed by atoms with Gasteiger partial charge < -0.3 is 4.74 Å². The minimum atomic E-state index is -3.87. The molecule has 0 fully saturated rings. The van der Waals surface area contributed by atoms with Gasteiger partial charge in [-0.25, -0.2) is 13.6 Å². The van der Waals surface area contributed by atoms with Crippen LogP contribution in [0.2, 0.25) is 0 Å². The topological polar surface area (TPSA) is 110 Å². The lowest BCUT2D eigenvalue weighted by Gasteiger charge is -2.06. The van der Waals surface area contributed by atoms with Crippen LogP contribution in [-0.2, 0) is 19.6 Å². The van der Waals surface area contributed by atoms with Crippen LogP contribution in [0.15, 0.2) is 30.3 Å². The molecule has 1 rings (SSSR count). The van der Waals surface area contributed by atoms with Crippen LogP contribution in [0.3, 0.4) is 0 Å². The average molecular weight is 308 g/mol. The normalized spacial score (nSPS) is 11.8. The third kappa shape index (κ3) is 6.21. The maximum absolute atomic E-state index is 11.2. The highest BCUT2D eigenvalue weighted by molar-refractivity contribution is 7.89. The van der Waals surface area contributed by atoms with E-state index in [0.29, 0.717) is 12.0 Å². The largest absolute Gasteiger partial charge is 0.461 e. The van der Waals surface area contributed by atoms with Crippen molar-refractivity contribution < 1.29 is 17.9 Å². The number of benzene rings is 1. The summed E-state index contributed by atoms with van der Waals surface area (Å²) in [4.78, 5) is 11.2. The molecule has 2 N–H and O–H groups in total. The number of esters is 1. The van der Waals surface area contributed by atoms with Crippen molar-refractivity contribution in [1.29, 1.82) is 5.26 Å². The summed E-state index contributed by atoms with van der Waals surface area (Å²) in [6.45, 7) is 1.88. The molecule has 0 aliphatic rings. The predicted molar refractivity (Wildman–Crippen MR) is 78.4 cm³/mol. The van der Waals surface area contributed by atoms with Crippen molar-refractivity contribution in [2.75, 3.05) is 12.4 Å². The molecule has 112 valence electrons. The number of primary sulfonamides is 1. The van der Waals surface area contributed by atoms with E-state index in [-0.39, 0.29) is 6.61 Å². The van der Waals surface area contributed by atoms with E-state index >= 15 is 0 Å². The summed E-state index contributed by atoms with van der Waals surface area (Å²) in [7, 11) is -3.87. The first-order valence-electron chi connectivity index (χ1n) is 6.21. The molecule has 0 bridgehead atoms. The molecule has 0 spiro atoms. The summed E-state index contributed by atoms with van der Waals surface area (Å²) in [6, 6.07) is 9.11. The van der Waals surface area contributed by atoms with Crippen LogP contribution in [-0.4, -0.2) is 26.7 Å². The lowest BCUT2D eigenvalue weighted by molar-refractivity contribution is -0.139. The van der Waals surface area contributed by atoms with Crippen molar-refractivity contribution in [2.24, 2.45) is 5.14 Å². The molecule has 0 amide bonds. The third-order valence-electron chi connectivity index (χ3n) is 2.64. The Morgan fingerprint density at radius 3 is 2.76 bits per heavy atom. The molecular formula is C14H16N2O4S. The maximum Gasteiger partial charge on any atom is 0.322 e. The van der Waals surface area contributed by atoms with Crippen molar-refractivity contribution in [2.45, 2.75) is 13.3 Å². The smallest absolute Gasteiger partial charge is 0.322 e. The Bertz CT molecular complexity index is 687. The van der Waals surface area contributed by atoms with Crippen molar-refractivity contribution in [3.05, 3.63) is 41.5 Å². The van der Waals surface area contributed by atoms with Crippen LogP contribution in [0.1, 0.15) is 24.5 Å². The SMILES string of the molecule is CC/C(=C\COC(=O)CS(N)(=O)=O)c1cccc(C#N)c1. The van der Waals surface area contributed by atoms with Crippen LogP contribution in [0.5, 0.6) is 0 Å². The van der Waals surface area contributed by atoms with E-state index in [2.05, 4.69) is 6.07 Å². The van der Waals surface area contributed by atoms with E-state index in [1.54, 1.807) is 24.3 Å². The van der Waals surface area contributed by atoms with Crippen molar-refractivity contribution in [1.82, 2.24) is 0 Å². The predicted octanol–water partition coefficient (Wildman–Crippen LogP) is 1.18. The van der Waals surface area contributed by atoms with Gasteiger partial charge in [-0.05, 0) is 35.8 Å². The number of carbonyl (C=O) groups excluding carboxylic acids is 1. The zero-order valence-corrected chi connectivity index (χ0v) is 12.4. The highest BCUT2D eigenvalue weighted by Gasteiger charge is 2.12. The summed E-state index contributed by atoms with van der Waals surface area (Å²) >= 11 is 0. The fraction of sp³-hybridized carbons (Fsp3) is 0.286.